The van der Waals surface area contributed by atoms with E-state index in [4.69, 9.17) is 18.9 Å². The van der Waals surface area contributed by atoms with E-state index < -0.39 is 0 Å². The molecule has 0 saturated heterocycles. The van der Waals surface area contributed by atoms with Gasteiger partial charge in [-0.15, -0.1) is 0 Å². The maximum atomic E-state index is 12.7. The summed E-state index contributed by atoms with van der Waals surface area (Å²) in [6.07, 6.45) is 0. The van der Waals surface area contributed by atoms with Gasteiger partial charge in [-0.3, -0.25) is 0 Å². The molecule has 5 rings (SSSR count). The van der Waals surface area contributed by atoms with Crippen LogP contribution in [-0.4, -0.2) is 50.3 Å². The Hall–Kier alpha value is -3.75. The Morgan fingerprint density at radius 1 is 0.686 bits per heavy atom. The first kappa shape index (κ1) is 23.0. The molecule has 8 heteroatoms. The van der Waals surface area contributed by atoms with Gasteiger partial charge in [0, 0.05) is 23.3 Å². The molecule has 0 aliphatic carbocycles. The van der Waals surface area contributed by atoms with Crippen LogP contribution in [0, 0.1) is 5.21 Å². The van der Waals surface area contributed by atoms with Crippen molar-refractivity contribution < 1.29 is 23.7 Å². The quantitative estimate of drug-likeness (QED) is 0.334. The van der Waals surface area contributed by atoms with Crippen molar-refractivity contribution in [3.05, 3.63) is 107 Å². The van der Waals surface area contributed by atoms with Crippen LogP contribution in [0.5, 0.6) is 0 Å². The number of ether oxygens (including phenoxy) is 4. The third-order valence-corrected chi connectivity index (χ3v) is 5.69. The van der Waals surface area contributed by atoms with E-state index in [2.05, 4.69) is 9.98 Å². The summed E-state index contributed by atoms with van der Waals surface area (Å²) in [7, 11) is 0. The van der Waals surface area contributed by atoms with Crippen molar-refractivity contribution in [3.63, 3.8) is 0 Å². The third-order valence-electron chi connectivity index (χ3n) is 5.69. The lowest BCUT2D eigenvalue weighted by Crippen LogP contribution is -2.37. The van der Waals surface area contributed by atoms with Crippen LogP contribution in [-0.2, 0) is 32.2 Å². The highest BCUT2D eigenvalue weighted by Crippen LogP contribution is 2.14. The fourth-order valence-electron chi connectivity index (χ4n) is 3.88. The molecule has 3 aromatic rings. The number of hydrogen-bond donors (Lipinski definition) is 0. The lowest BCUT2D eigenvalue weighted by Gasteiger charge is -2.11. The van der Waals surface area contributed by atoms with Crippen LogP contribution in [0.25, 0.3) is 0 Å². The topological polar surface area (TPSA) is 88.6 Å². The molecule has 1 aromatic heterocycles. The van der Waals surface area contributed by atoms with E-state index in [0.29, 0.717) is 49.6 Å². The van der Waals surface area contributed by atoms with E-state index in [0.717, 1.165) is 15.9 Å². The second-order valence-corrected chi connectivity index (χ2v) is 8.36. The van der Waals surface area contributed by atoms with Crippen LogP contribution in [0.1, 0.15) is 22.5 Å². The molecule has 0 fully saturated rings. The fraction of sp³-hybridized carbons (Fsp3) is 0.296. The highest BCUT2D eigenvalue weighted by Gasteiger charge is 2.22. The van der Waals surface area contributed by atoms with Crippen molar-refractivity contribution in [3.8, 4) is 0 Å². The SMILES string of the molecule is [O-][n+]1c(COC[C@@H]2COC(c3ccccc3)=N2)cccc1COC[C@@H]1COC(c2ccccc2)=N1. The molecule has 0 unspecified atom stereocenters. The Bertz CT molecular complexity index is 1090. The minimum atomic E-state index is -0.0909. The van der Waals surface area contributed by atoms with Gasteiger partial charge in [0.1, 0.15) is 38.5 Å². The van der Waals surface area contributed by atoms with E-state index >= 15 is 0 Å². The minimum Gasteiger partial charge on any atom is -0.618 e. The summed E-state index contributed by atoms with van der Waals surface area (Å²) in [6.45, 7) is 2.06. The molecular formula is C27H27N3O5. The van der Waals surface area contributed by atoms with Crippen LogP contribution < -0.4 is 4.73 Å². The average molecular weight is 474 g/mol. The summed E-state index contributed by atoms with van der Waals surface area (Å²) in [5, 5.41) is 12.7. The summed E-state index contributed by atoms with van der Waals surface area (Å²) < 4.78 is 23.8. The summed E-state index contributed by atoms with van der Waals surface area (Å²) in [4.78, 5) is 9.15. The zero-order valence-corrected chi connectivity index (χ0v) is 19.3. The highest BCUT2D eigenvalue weighted by atomic mass is 16.5. The zero-order chi connectivity index (χ0) is 23.9. The van der Waals surface area contributed by atoms with Gasteiger partial charge in [0.15, 0.2) is 0 Å². The first-order chi connectivity index (χ1) is 17.3. The maximum absolute atomic E-state index is 12.7. The first-order valence-electron chi connectivity index (χ1n) is 11.6. The molecule has 2 aliphatic heterocycles. The van der Waals surface area contributed by atoms with Crippen molar-refractivity contribution in [1.29, 1.82) is 0 Å². The standard InChI is InChI=1S/C27H27N3O5/c31-30-24(18-32-14-22-16-34-26(28-22)20-8-3-1-4-9-20)12-7-13-25(30)19-33-15-23-17-35-27(29-23)21-10-5-2-6-11-21/h1-13,22-23H,14-19H2/t22-,23-/m1/s1. The lowest BCUT2D eigenvalue weighted by molar-refractivity contribution is -0.627. The molecule has 2 aromatic carbocycles. The van der Waals surface area contributed by atoms with Gasteiger partial charge in [-0.05, 0) is 30.3 Å². The summed E-state index contributed by atoms with van der Waals surface area (Å²) in [5.74, 6) is 1.26. The number of aromatic nitrogens is 1. The van der Waals surface area contributed by atoms with E-state index in [9.17, 15) is 5.21 Å². The normalized spacial score (nSPS) is 19.1. The molecular weight excluding hydrogens is 446 g/mol. The Morgan fingerprint density at radius 2 is 1.14 bits per heavy atom. The Labute approximate surface area is 204 Å². The van der Waals surface area contributed by atoms with E-state index in [-0.39, 0.29) is 25.3 Å². The number of pyridine rings is 1. The van der Waals surface area contributed by atoms with E-state index in [1.807, 2.05) is 66.7 Å². The maximum Gasteiger partial charge on any atom is 0.218 e. The van der Waals surface area contributed by atoms with Crippen molar-refractivity contribution >= 4 is 11.8 Å². The second kappa shape index (κ2) is 11.1. The van der Waals surface area contributed by atoms with Crippen LogP contribution >= 0.6 is 0 Å². The van der Waals surface area contributed by atoms with Gasteiger partial charge in [0.05, 0.1) is 13.2 Å². The molecule has 3 heterocycles. The van der Waals surface area contributed by atoms with Gasteiger partial charge in [0.25, 0.3) is 0 Å². The monoisotopic (exact) mass is 473 g/mol. The van der Waals surface area contributed by atoms with Crippen molar-refractivity contribution in [1.82, 2.24) is 0 Å². The van der Waals surface area contributed by atoms with Crippen molar-refractivity contribution in [2.24, 2.45) is 9.98 Å². The number of hydrogen-bond acceptors (Lipinski definition) is 7. The molecule has 0 bridgehead atoms. The van der Waals surface area contributed by atoms with Gasteiger partial charge in [-0.2, -0.15) is 4.73 Å². The zero-order valence-electron chi connectivity index (χ0n) is 19.3. The lowest BCUT2D eigenvalue weighted by atomic mass is 10.2. The molecule has 35 heavy (non-hydrogen) atoms. The van der Waals surface area contributed by atoms with Gasteiger partial charge in [-0.25, -0.2) is 9.98 Å². The Morgan fingerprint density at radius 3 is 1.60 bits per heavy atom. The number of rotatable bonds is 10. The van der Waals surface area contributed by atoms with Crippen LogP contribution in [0.3, 0.4) is 0 Å². The highest BCUT2D eigenvalue weighted by molar-refractivity contribution is 5.95. The predicted octanol–water partition coefficient (Wildman–Crippen LogP) is 3.04. The third kappa shape index (κ3) is 5.85. The predicted molar refractivity (Wildman–Crippen MR) is 130 cm³/mol. The van der Waals surface area contributed by atoms with Crippen molar-refractivity contribution in [2.45, 2.75) is 25.3 Å². The van der Waals surface area contributed by atoms with Crippen LogP contribution in [0.2, 0.25) is 0 Å². The van der Waals surface area contributed by atoms with Gasteiger partial charge >= 0.3 is 0 Å². The second-order valence-electron chi connectivity index (χ2n) is 8.36. The van der Waals surface area contributed by atoms with Crippen LogP contribution in [0.15, 0.2) is 88.8 Å². The molecule has 0 N–H and O–H groups in total. The summed E-state index contributed by atoms with van der Waals surface area (Å²) in [5.41, 5.74) is 2.94. The molecule has 2 aliphatic rings. The van der Waals surface area contributed by atoms with E-state index in [1.165, 1.54) is 0 Å². The van der Waals surface area contributed by atoms with Crippen LogP contribution in [0.4, 0.5) is 0 Å². The summed E-state index contributed by atoms with van der Waals surface area (Å²) in [6, 6.07) is 24.7. The minimum absolute atomic E-state index is 0.0909. The van der Waals surface area contributed by atoms with Crippen molar-refractivity contribution in [2.75, 3.05) is 26.4 Å². The molecule has 0 spiro atoms. The number of benzene rings is 2. The van der Waals surface area contributed by atoms with E-state index in [1.54, 1.807) is 12.1 Å². The first-order valence-corrected chi connectivity index (χ1v) is 11.6. The molecule has 2 atom stereocenters. The summed E-state index contributed by atoms with van der Waals surface area (Å²) >= 11 is 0. The average Bonchev–Trinajstić information content (AvgIpc) is 3.57. The molecule has 8 nitrogen and oxygen atoms in total. The largest absolute Gasteiger partial charge is 0.618 e. The van der Waals surface area contributed by atoms with Gasteiger partial charge in [-0.1, -0.05) is 36.4 Å². The molecule has 0 amide bonds. The number of nitrogens with zero attached hydrogens (tertiary/aromatic N) is 3. The molecule has 0 saturated carbocycles. The van der Waals surface area contributed by atoms with Gasteiger partial charge in [0.2, 0.25) is 23.2 Å². The fourth-order valence-corrected chi connectivity index (χ4v) is 3.88. The number of aliphatic imine (C=N–C) groups is 2. The smallest absolute Gasteiger partial charge is 0.218 e. The molecule has 180 valence electrons. The Balaban J connectivity index is 1.09. The van der Waals surface area contributed by atoms with Gasteiger partial charge < -0.3 is 24.2 Å². The molecule has 0 radical (unpaired) electrons. The Kier molecular flexibility index (Phi) is 7.31.